The first-order chi connectivity index (χ1) is 9.52. The monoisotopic (exact) mass is 296 g/mol. The van der Waals surface area contributed by atoms with Crippen molar-refractivity contribution < 1.29 is 14.6 Å². The average Bonchev–Trinajstić information content (AvgIpc) is 2.76. The summed E-state index contributed by atoms with van der Waals surface area (Å²) in [4.78, 5) is 4.16. The summed E-state index contributed by atoms with van der Waals surface area (Å²) in [5.41, 5.74) is 0.772. The molecule has 0 unspecified atom stereocenters. The predicted molar refractivity (Wildman–Crippen MR) is 76.2 cm³/mol. The third-order valence-electron chi connectivity index (χ3n) is 3.05. The number of benzene rings is 1. The van der Waals surface area contributed by atoms with Gasteiger partial charge < -0.3 is 19.1 Å². The Kier molecular flexibility index (Phi) is 4.52. The summed E-state index contributed by atoms with van der Waals surface area (Å²) in [7, 11) is 3.38. The highest BCUT2D eigenvalue weighted by atomic mass is 35.5. The number of aromatic nitrogens is 2. The molecule has 108 valence electrons. The Balaban J connectivity index is 2.15. The lowest BCUT2D eigenvalue weighted by atomic mass is 10.1. The number of nitrogens with zero attached hydrogens (tertiary/aromatic N) is 2. The molecule has 1 atom stereocenters. The van der Waals surface area contributed by atoms with Gasteiger partial charge in [-0.05, 0) is 24.6 Å². The highest BCUT2D eigenvalue weighted by molar-refractivity contribution is 6.29. The number of aliphatic hydroxyl groups excluding tert-OH is 1. The molecule has 0 amide bonds. The number of imidazole rings is 1. The Labute approximate surface area is 122 Å². The van der Waals surface area contributed by atoms with Crippen LogP contribution in [0.4, 0.5) is 0 Å². The number of methoxy groups -OCH3 is 1. The van der Waals surface area contributed by atoms with Gasteiger partial charge in [0, 0.05) is 7.05 Å². The van der Waals surface area contributed by atoms with E-state index in [4.69, 9.17) is 21.1 Å². The Morgan fingerprint density at radius 3 is 2.70 bits per heavy atom. The molecule has 0 spiro atoms. The van der Waals surface area contributed by atoms with E-state index in [1.54, 1.807) is 43.0 Å². The molecule has 0 saturated heterocycles. The van der Waals surface area contributed by atoms with Crippen molar-refractivity contribution in [1.82, 2.24) is 9.55 Å². The van der Waals surface area contributed by atoms with Gasteiger partial charge in [0.25, 0.3) is 0 Å². The van der Waals surface area contributed by atoms with Crippen LogP contribution in [-0.2, 0) is 13.7 Å². The molecule has 2 rings (SSSR count). The van der Waals surface area contributed by atoms with E-state index >= 15 is 0 Å². The maximum absolute atomic E-state index is 9.56. The Morgan fingerprint density at radius 1 is 1.40 bits per heavy atom. The minimum atomic E-state index is -0.550. The molecule has 1 heterocycles. The molecule has 0 aliphatic heterocycles. The van der Waals surface area contributed by atoms with Crippen LogP contribution in [0.3, 0.4) is 0 Å². The summed E-state index contributed by atoms with van der Waals surface area (Å²) in [6.07, 6.45) is 1.03. The summed E-state index contributed by atoms with van der Waals surface area (Å²) >= 11 is 5.92. The van der Waals surface area contributed by atoms with Crippen molar-refractivity contribution >= 4 is 11.6 Å². The second-order valence-electron chi connectivity index (χ2n) is 4.43. The SMILES string of the molecule is COc1cc([C@H](C)O)ccc1OCc1ncc(Cl)n1C. The van der Waals surface area contributed by atoms with Gasteiger partial charge in [0.05, 0.1) is 19.4 Å². The normalized spacial score (nSPS) is 12.2. The molecule has 1 N–H and O–H groups in total. The number of hydrogen-bond donors (Lipinski definition) is 1. The van der Waals surface area contributed by atoms with Gasteiger partial charge in [-0.15, -0.1) is 0 Å². The van der Waals surface area contributed by atoms with Crippen LogP contribution in [0.5, 0.6) is 11.5 Å². The molecule has 2 aromatic rings. The van der Waals surface area contributed by atoms with Crippen LogP contribution in [0.25, 0.3) is 0 Å². The fraction of sp³-hybridized carbons (Fsp3) is 0.357. The second-order valence-corrected chi connectivity index (χ2v) is 4.82. The van der Waals surface area contributed by atoms with Gasteiger partial charge in [0.2, 0.25) is 0 Å². The molecule has 0 bridgehead atoms. The molecule has 0 radical (unpaired) electrons. The van der Waals surface area contributed by atoms with Crippen LogP contribution in [0.15, 0.2) is 24.4 Å². The van der Waals surface area contributed by atoms with E-state index in [9.17, 15) is 5.11 Å². The van der Waals surface area contributed by atoms with Gasteiger partial charge in [-0.2, -0.15) is 0 Å². The molecule has 1 aromatic heterocycles. The number of ether oxygens (including phenoxy) is 2. The first-order valence-electron chi connectivity index (χ1n) is 6.17. The van der Waals surface area contributed by atoms with Crippen molar-refractivity contribution in [3.63, 3.8) is 0 Å². The fourth-order valence-corrected chi connectivity index (χ4v) is 1.91. The third-order valence-corrected chi connectivity index (χ3v) is 3.41. The van der Waals surface area contributed by atoms with Crippen LogP contribution in [-0.4, -0.2) is 21.8 Å². The average molecular weight is 297 g/mol. The smallest absolute Gasteiger partial charge is 0.161 e. The molecule has 5 nitrogen and oxygen atoms in total. The molecule has 1 aromatic carbocycles. The number of hydrogen-bond acceptors (Lipinski definition) is 4. The Bertz CT molecular complexity index is 596. The predicted octanol–water partition coefficient (Wildman–Crippen LogP) is 2.71. The van der Waals surface area contributed by atoms with Gasteiger partial charge in [0.1, 0.15) is 17.6 Å². The highest BCUT2D eigenvalue weighted by Crippen LogP contribution is 2.30. The largest absolute Gasteiger partial charge is 0.493 e. The van der Waals surface area contributed by atoms with Crippen LogP contribution >= 0.6 is 11.6 Å². The van der Waals surface area contributed by atoms with E-state index < -0.39 is 6.10 Å². The molecule has 0 aliphatic rings. The van der Waals surface area contributed by atoms with Gasteiger partial charge in [-0.3, -0.25) is 0 Å². The van der Waals surface area contributed by atoms with E-state index in [0.717, 1.165) is 11.4 Å². The molecule has 0 saturated carbocycles. The van der Waals surface area contributed by atoms with Crippen molar-refractivity contribution in [3.8, 4) is 11.5 Å². The van der Waals surface area contributed by atoms with Gasteiger partial charge in [-0.25, -0.2) is 4.98 Å². The van der Waals surface area contributed by atoms with E-state index in [1.807, 2.05) is 7.05 Å². The third kappa shape index (κ3) is 3.05. The van der Waals surface area contributed by atoms with Crippen LogP contribution in [0, 0.1) is 0 Å². The van der Waals surface area contributed by atoms with Crippen molar-refractivity contribution in [1.29, 1.82) is 0 Å². The molecular formula is C14H17ClN2O3. The van der Waals surface area contributed by atoms with Crippen molar-refractivity contribution in [2.75, 3.05) is 7.11 Å². The molecule has 0 aliphatic carbocycles. The van der Waals surface area contributed by atoms with Crippen molar-refractivity contribution in [3.05, 3.63) is 40.9 Å². The topological polar surface area (TPSA) is 56.5 Å². The summed E-state index contributed by atoms with van der Waals surface area (Å²) in [6.45, 7) is 1.98. The number of aliphatic hydroxyl groups is 1. The molecule has 0 fully saturated rings. The molecule has 20 heavy (non-hydrogen) atoms. The zero-order chi connectivity index (χ0) is 14.7. The second kappa shape index (κ2) is 6.15. The van der Waals surface area contributed by atoms with Gasteiger partial charge in [-0.1, -0.05) is 17.7 Å². The lowest BCUT2D eigenvalue weighted by molar-refractivity contribution is 0.198. The fourth-order valence-electron chi connectivity index (χ4n) is 1.76. The first kappa shape index (κ1) is 14.7. The molecular weight excluding hydrogens is 280 g/mol. The van der Waals surface area contributed by atoms with E-state index in [-0.39, 0.29) is 6.61 Å². The van der Waals surface area contributed by atoms with E-state index in [0.29, 0.717) is 16.7 Å². The standard InChI is InChI=1S/C14H17ClN2O3/c1-9(18)10-4-5-11(12(6-10)19-3)20-8-14-16-7-13(15)17(14)2/h4-7,9,18H,8H2,1-3H3/t9-/m0/s1. The zero-order valence-corrected chi connectivity index (χ0v) is 12.4. The summed E-state index contributed by atoms with van der Waals surface area (Å²) in [6, 6.07) is 5.32. The maximum Gasteiger partial charge on any atom is 0.161 e. The van der Waals surface area contributed by atoms with E-state index in [1.165, 1.54) is 0 Å². The maximum atomic E-state index is 9.56. The first-order valence-corrected chi connectivity index (χ1v) is 6.55. The Morgan fingerprint density at radius 2 is 2.15 bits per heavy atom. The van der Waals surface area contributed by atoms with Crippen molar-refractivity contribution in [2.45, 2.75) is 19.6 Å². The van der Waals surface area contributed by atoms with Gasteiger partial charge in [0.15, 0.2) is 11.5 Å². The Hall–Kier alpha value is -1.72. The van der Waals surface area contributed by atoms with Gasteiger partial charge >= 0.3 is 0 Å². The van der Waals surface area contributed by atoms with Crippen molar-refractivity contribution in [2.24, 2.45) is 7.05 Å². The summed E-state index contributed by atoms with van der Waals surface area (Å²) in [5.74, 6) is 1.89. The van der Waals surface area contributed by atoms with E-state index in [2.05, 4.69) is 4.98 Å². The van der Waals surface area contributed by atoms with Crippen LogP contribution in [0.2, 0.25) is 5.15 Å². The lowest BCUT2D eigenvalue weighted by Crippen LogP contribution is -2.05. The highest BCUT2D eigenvalue weighted by Gasteiger charge is 2.11. The summed E-state index contributed by atoms with van der Waals surface area (Å²) < 4.78 is 12.7. The zero-order valence-electron chi connectivity index (χ0n) is 11.6. The van der Waals surface area contributed by atoms with Crippen LogP contribution < -0.4 is 9.47 Å². The quantitative estimate of drug-likeness (QED) is 0.922. The van der Waals surface area contributed by atoms with Crippen LogP contribution in [0.1, 0.15) is 24.4 Å². The lowest BCUT2D eigenvalue weighted by Gasteiger charge is -2.13. The minimum Gasteiger partial charge on any atom is -0.493 e. The minimum absolute atomic E-state index is 0.285. The number of halogens is 1. The number of rotatable bonds is 5. The molecule has 6 heteroatoms. The summed E-state index contributed by atoms with van der Waals surface area (Å²) in [5, 5.41) is 10.1.